The minimum Gasteiger partial charge on any atom is -0.508 e. The Bertz CT molecular complexity index is 1270. The fourth-order valence-corrected chi connectivity index (χ4v) is 5.52. The van der Waals surface area contributed by atoms with E-state index >= 15 is 0 Å². The Labute approximate surface area is 217 Å². The van der Waals surface area contributed by atoms with Crippen molar-refractivity contribution in [1.82, 2.24) is 4.90 Å². The number of aryl methyl sites for hydroxylation is 1. The molecule has 1 fully saturated rings. The summed E-state index contributed by atoms with van der Waals surface area (Å²) < 4.78 is 38.6. The van der Waals surface area contributed by atoms with Crippen LogP contribution in [0, 0.1) is 5.82 Å². The molecule has 0 aromatic heterocycles. The SMILES string of the molecule is COc1ccc(C2=C(c3ccc(O[C@H]4CCN(CCCF)C4)cc3)c3ccc(O)cc3CCC2)cc1F. The van der Waals surface area contributed by atoms with Crippen molar-refractivity contribution in [3.05, 3.63) is 88.7 Å². The maximum atomic E-state index is 14.7. The van der Waals surface area contributed by atoms with Gasteiger partial charge in [0, 0.05) is 19.6 Å². The van der Waals surface area contributed by atoms with E-state index in [4.69, 9.17) is 9.47 Å². The van der Waals surface area contributed by atoms with Crippen LogP contribution in [0.3, 0.4) is 0 Å². The van der Waals surface area contributed by atoms with Crippen LogP contribution < -0.4 is 9.47 Å². The molecule has 1 atom stereocenters. The smallest absolute Gasteiger partial charge is 0.165 e. The summed E-state index contributed by atoms with van der Waals surface area (Å²) in [5.74, 6) is 0.889. The second-order valence-electron chi connectivity index (χ2n) is 9.79. The lowest BCUT2D eigenvalue weighted by atomic mass is 9.87. The molecule has 0 unspecified atom stereocenters. The van der Waals surface area contributed by atoms with Crippen molar-refractivity contribution in [2.45, 2.75) is 38.2 Å². The van der Waals surface area contributed by atoms with Crippen LogP contribution in [0.5, 0.6) is 17.2 Å². The average Bonchev–Trinajstić information content (AvgIpc) is 3.26. The Morgan fingerprint density at radius 3 is 2.57 bits per heavy atom. The van der Waals surface area contributed by atoms with Gasteiger partial charge >= 0.3 is 0 Å². The molecule has 0 spiro atoms. The van der Waals surface area contributed by atoms with Gasteiger partial charge in [-0.25, -0.2) is 4.39 Å². The van der Waals surface area contributed by atoms with E-state index in [2.05, 4.69) is 17.0 Å². The predicted octanol–water partition coefficient (Wildman–Crippen LogP) is 6.65. The molecular weight excluding hydrogens is 472 g/mol. The van der Waals surface area contributed by atoms with Gasteiger partial charge in [0.1, 0.15) is 17.6 Å². The first-order chi connectivity index (χ1) is 18.1. The molecule has 1 heterocycles. The number of aromatic hydroxyl groups is 1. The molecule has 1 aliphatic heterocycles. The minimum absolute atomic E-state index is 0.101. The number of alkyl halides is 1. The Balaban J connectivity index is 1.48. The van der Waals surface area contributed by atoms with Gasteiger partial charge < -0.3 is 14.6 Å². The molecule has 1 aliphatic carbocycles. The highest BCUT2D eigenvalue weighted by Gasteiger charge is 2.24. The van der Waals surface area contributed by atoms with Crippen molar-refractivity contribution in [3.8, 4) is 17.2 Å². The van der Waals surface area contributed by atoms with Gasteiger partial charge in [-0.2, -0.15) is 0 Å². The van der Waals surface area contributed by atoms with Crippen LogP contribution in [-0.4, -0.2) is 49.5 Å². The van der Waals surface area contributed by atoms with Crippen LogP contribution in [0.4, 0.5) is 8.78 Å². The molecule has 3 aromatic rings. The Morgan fingerprint density at radius 2 is 1.81 bits per heavy atom. The highest BCUT2D eigenvalue weighted by atomic mass is 19.1. The number of hydrogen-bond donors (Lipinski definition) is 1. The van der Waals surface area contributed by atoms with E-state index in [0.717, 1.165) is 84.5 Å². The van der Waals surface area contributed by atoms with E-state index in [-0.39, 0.29) is 30.1 Å². The number of phenols is 1. The number of halogens is 2. The van der Waals surface area contributed by atoms with E-state index in [0.29, 0.717) is 6.42 Å². The van der Waals surface area contributed by atoms with Crippen molar-refractivity contribution in [2.24, 2.45) is 0 Å². The first-order valence-corrected chi connectivity index (χ1v) is 13.0. The zero-order valence-electron chi connectivity index (χ0n) is 21.2. The van der Waals surface area contributed by atoms with Gasteiger partial charge in [0.15, 0.2) is 11.6 Å². The fourth-order valence-electron chi connectivity index (χ4n) is 5.52. The number of fused-ring (bicyclic) bond motifs is 1. The Morgan fingerprint density at radius 1 is 1.00 bits per heavy atom. The third-order valence-electron chi connectivity index (χ3n) is 7.32. The van der Waals surface area contributed by atoms with E-state index in [1.165, 1.54) is 7.11 Å². The summed E-state index contributed by atoms with van der Waals surface area (Å²) in [6.07, 6.45) is 4.11. The highest BCUT2D eigenvalue weighted by molar-refractivity contribution is 6.00. The van der Waals surface area contributed by atoms with Gasteiger partial charge in [-0.1, -0.05) is 24.3 Å². The normalized spacial score (nSPS) is 18.0. The number of ether oxygens (including phenoxy) is 2. The zero-order chi connectivity index (χ0) is 25.8. The van der Waals surface area contributed by atoms with Crippen molar-refractivity contribution in [2.75, 3.05) is 33.4 Å². The topological polar surface area (TPSA) is 41.9 Å². The molecule has 6 heteroatoms. The van der Waals surface area contributed by atoms with E-state index in [1.54, 1.807) is 18.2 Å². The van der Waals surface area contributed by atoms with E-state index in [9.17, 15) is 13.9 Å². The van der Waals surface area contributed by atoms with Gasteiger partial charge in [-0.05, 0) is 102 Å². The van der Waals surface area contributed by atoms with Crippen molar-refractivity contribution >= 4 is 11.1 Å². The molecule has 0 amide bonds. The third kappa shape index (κ3) is 5.64. The van der Waals surface area contributed by atoms with E-state index in [1.807, 2.05) is 30.3 Å². The van der Waals surface area contributed by atoms with Crippen LogP contribution in [0.1, 0.15) is 47.9 Å². The molecule has 37 heavy (non-hydrogen) atoms. The van der Waals surface area contributed by atoms with Crippen molar-refractivity contribution < 1.29 is 23.4 Å². The fraction of sp³-hybridized carbons (Fsp3) is 0.355. The lowest BCUT2D eigenvalue weighted by Crippen LogP contribution is -2.26. The molecule has 2 aliphatic rings. The van der Waals surface area contributed by atoms with E-state index < -0.39 is 0 Å². The van der Waals surface area contributed by atoms with Gasteiger partial charge in [0.05, 0.1) is 13.8 Å². The van der Waals surface area contributed by atoms with Crippen LogP contribution >= 0.6 is 0 Å². The van der Waals surface area contributed by atoms with Gasteiger partial charge in [0.2, 0.25) is 0 Å². The molecule has 0 radical (unpaired) electrons. The average molecular weight is 506 g/mol. The molecular formula is C31H33F2NO3. The number of allylic oxidation sites excluding steroid dienone is 1. The quantitative estimate of drug-likeness (QED) is 0.372. The maximum Gasteiger partial charge on any atom is 0.165 e. The zero-order valence-corrected chi connectivity index (χ0v) is 21.2. The Kier molecular flexibility index (Phi) is 7.75. The number of phenolic OH excluding ortho intramolecular Hbond substituents is 1. The monoisotopic (exact) mass is 505 g/mol. The number of benzene rings is 3. The molecule has 5 rings (SSSR count). The standard InChI is InChI=1S/C31H33F2NO3/c1-36-30-13-8-23(19-29(30)33)27-5-2-4-22-18-24(35)9-12-28(22)31(27)21-6-10-25(11-7-21)37-26-14-17-34(20-26)16-3-15-32/h6-13,18-19,26,35H,2-5,14-17,20H2,1H3/t26-/m0/s1. The van der Waals surface area contributed by atoms with Crippen LogP contribution in [0.2, 0.25) is 0 Å². The van der Waals surface area contributed by atoms with Crippen molar-refractivity contribution in [1.29, 1.82) is 0 Å². The lowest BCUT2D eigenvalue weighted by molar-refractivity contribution is 0.198. The van der Waals surface area contributed by atoms with Gasteiger partial charge in [0.25, 0.3) is 0 Å². The molecule has 3 aromatic carbocycles. The first-order valence-electron chi connectivity index (χ1n) is 13.0. The summed E-state index contributed by atoms with van der Waals surface area (Å²) in [6.45, 7) is 2.23. The second-order valence-corrected chi connectivity index (χ2v) is 9.79. The predicted molar refractivity (Wildman–Crippen MR) is 142 cm³/mol. The summed E-state index contributed by atoms with van der Waals surface area (Å²) in [5.41, 5.74) is 6.09. The summed E-state index contributed by atoms with van der Waals surface area (Å²) in [5, 5.41) is 10.1. The summed E-state index contributed by atoms with van der Waals surface area (Å²) >= 11 is 0. The molecule has 0 saturated carbocycles. The second kappa shape index (κ2) is 11.3. The number of rotatable bonds is 8. The number of hydrogen-bond acceptors (Lipinski definition) is 4. The first kappa shape index (κ1) is 25.3. The summed E-state index contributed by atoms with van der Waals surface area (Å²) in [4.78, 5) is 2.25. The largest absolute Gasteiger partial charge is 0.508 e. The van der Waals surface area contributed by atoms with Crippen LogP contribution in [0.25, 0.3) is 11.1 Å². The Hall–Kier alpha value is -3.38. The van der Waals surface area contributed by atoms with Crippen LogP contribution in [-0.2, 0) is 6.42 Å². The number of methoxy groups -OCH3 is 1. The highest BCUT2D eigenvalue weighted by Crippen LogP contribution is 2.41. The minimum atomic E-state index is -0.386. The van der Waals surface area contributed by atoms with Crippen molar-refractivity contribution in [3.63, 3.8) is 0 Å². The number of nitrogens with zero attached hydrogens (tertiary/aromatic N) is 1. The van der Waals surface area contributed by atoms with Gasteiger partial charge in [-0.15, -0.1) is 0 Å². The summed E-state index contributed by atoms with van der Waals surface area (Å²) in [6, 6.07) is 18.7. The molecule has 0 bridgehead atoms. The van der Waals surface area contributed by atoms with Crippen LogP contribution in [0.15, 0.2) is 60.7 Å². The third-order valence-corrected chi connectivity index (χ3v) is 7.32. The lowest BCUT2D eigenvalue weighted by Gasteiger charge is -2.19. The van der Waals surface area contributed by atoms with Gasteiger partial charge in [-0.3, -0.25) is 9.29 Å². The summed E-state index contributed by atoms with van der Waals surface area (Å²) in [7, 11) is 1.47. The molecule has 1 saturated heterocycles. The molecule has 194 valence electrons. The maximum absolute atomic E-state index is 14.7. The molecule has 4 nitrogen and oxygen atoms in total. The number of likely N-dealkylation sites (tertiary alicyclic amines) is 1. The molecule has 1 N–H and O–H groups in total.